The molecule has 0 saturated carbocycles. The Bertz CT molecular complexity index is 4420. The number of rotatable bonds is 17. The lowest BCUT2D eigenvalue weighted by Gasteiger charge is -2.12. The Labute approximate surface area is 459 Å². The van der Waals surface area contributed by atoms with Crippen LogP contribution in [0.1, 0.15) is 35.1 Å². The van der Waals surface area contributed by atoms with E-state index in [1.807, 2.05) is 0 Å². The smallest absolute Gasteiger partial charge is 0.425 e. The molecule has 0 fully saturated rings. The van der Waals surface area contributed by atoms with Crippen LogP contribution in [-0.4, -0.2) is 114 Å². The van der Waals surface area contributed by atoms with Gasteiger partial charge in [-0.05, 0) is 104 Å². The molecule has 8 rings (SSSR count). The zero-order chi connectivity index (χ0) is 58.2. The van der Waals surface area contributed by atoms with Gasteiger partial charge in [0, 0.05) is 21.9 Å². The summed E-state index contributed by atoms with van der Waals surface area (Å²) in [7, 11) is -19.8. The molecule has 0 spiro atoms. The summed E-state index contributed by atoms with van der Waals surface area (Å²) in [5, 5.41) is 49.8. The minimum absolute atomic E-state index is 0.0171. The summed E-state index contributed by atoms with van der Waals surface area (Å²) in [6, 6.07) is 23.4. The van der Waals surface area contributed by atoms with Crippen molar-refractivity contribution in [2.45, 2.75) is 43.4 Å². The molecule has 0 saturated heterocycles. The minimum atomic E-state index is -4.46. The van der Waals surface area contributed by atoms with Gasteiger partial charge in [-0.3, -0.25) is 22.6 Å². The van der Waals surface area contributed by atoms with Gasteiger partial charge >= 0.3 is 10.6 Å². The van der Waals surface area contributed by atoms with Crippen molar-refractivity contribution in [1.82, 2.24) is 14.4 Å². The van der Waals surface area contributed by atoms with E-state index in [9.17, 15) is 57.7 Å². The van der Waals surface area contributed by atoms with E-state index in [4.69, 9.17) is 21.9 Å². The van der Waals surface area contributed by atoms with Crippen molar-refractivity contribution in [1.29, 1.82) is 5.26 Å². The van der Waals surface area contributed by atoms with Gasteiger partial charge in [-0.2, -0.15) is 44.0 Å². The van der Waals surface area contributed by atoms with Crippen molar-refractivity contribution in [3.63, 3.8) is 0 Å². The molecule has 79 heavy (non-hydrogen) atoms. The van der Waals surface area contributed by atoms with Crippen LogP contribution in [0, 0.1) is 32.1 Å². The Morgan fingerprint density at radius 1 is 0.722 bits per heavy atom. The molecule has 8 aromatic rings. The fraction of sp³-hybridized carbons (Fsp3) is 0.222. The number of thiazole rings is 1. The topological polar surface area (TPSA) is 426 Å². The highest BCUT2D eigenvalue weighted by molar-refractivity contribution is 7.99. The van der Waals surface area contributed by atoms with E-state index in [2.05, 4.69) is 46.7 Å². The SMILES string of the molecule is CS(=O)(=O)O.Cc1cc(N=Nc2cc(OCCCS(=O)(=O)O)c(N=Nc3c(C)c(C#N)c4nc5ccccc5n4c3O)cc2C)c(SCCCS(=O)(=O)O)cc1N=Nc1nc2ccc3ccc(S(=O)(=O)O)cc3c2s1.O=S(=O)=O. The molecule has 0 bridgehead atoms. The molecule has 5 N–H and O–H groups in total. The summed E-state index contributed by atoms with van der Waals surface area (Å²) in [6.07, 6.45) is 0.719. The van der Waals surface area contributed by atoms with Crippen LogP contribution in [-0.2, 0) is 51.1 Å². The highest BCUT2D eigenvalue weighted by Crippen LogP contribution is 2.43. The second kappa shape index (κ2) is 25.2. The van der Waals surface area contributed by atoms with Crippen molar-refractivity contribution < 1.29 is 74.4 Å². The Morgan fingerprint density at radius 2 is 1.30 bits per heavy atom. The normalized spacial score (nSPS) is 12.3. The van der Waals surface area contributed by atoms with E-state index < -0.39 is 62.6 Å². The van der Waals surface area contributed by atoms with Crippen LogP contribution in [0.3, 0.4) is 0 Å². The lowest BCUT2D eigenvalue weighted by Crippen LogP contribution is -2.08. The van der Waals surface area contributed by atoms with Crippen LogP contribution < -0.4 is 4.74 Å². The number of nitriles is 1. The number of imidazole rings is 1. The van der Waals surface area contributed by atoms with E-state index in [0.29, 0.717) is 65.9 Å². The van der Waals surface area contributed by atoms with Gasteiger partial charge in [-0.25, -0.2) is 9.97 Å². The molecule has 0 aliphatic rings. The lowest BCUT2D eigenvalue weighted by atomic mass is 10.1. The quantitative estimate of drug-likeness (QED) is 0.0245. The number of ether oxygens (including phenoxy) is 1. The monoisotopic (exact) mass is 1220 g/mol. The molecular formula is C45H42N10O17S7. The largest absolute Gasteiger partial charge is 0.493 e. The van der Waals surface area contributed by atoms with Crippen LogP contribution >= 0.6 is 23.1 Å². The average Bonchev–Trinajstić information content (AvgIpc) is 4.02. The molecule has 3 heterocycles. The standard InChI is InChI=1S/C44H38N10O11S5.CH4O3S.O3S/c1-24-18-35(50-52-40-26(3)30(23-45)42-46-31-8-4-5-9-37(31)54(42)43(40)55)38(65-14-6-16-68(56,57)58)21-33(24)48-51-36-19-25(2)34(22-39(36)66-15-7-17-69(59,60)61)49-53-44-47-32-13-11-27-10-12-28(70(62,63)64)20-29(27)41(32)67-44;1-5(2,3)4;1-4(2)3/h4-5,8-13,18-22,55H,6-7,14-17H2,1-3H3,(H,56,57,58)(H,59,60,61)(H,62,63,64);1H3,(H,2,3,4);. The predicted molar refractivity (Wildman–Crippen MR) is 291 cm³/mol. The van der Waals surface area contributed by atoms with Crippen LogP contribution in [0.25, 0.3) is 37.7 Å². The highest BCUT2D eigenvalue weighted by Gasteiger charge is 2.22. The summed E-state index contributed by atoms with van der Waals surface area (Å²) < 4.78 is 157. The van der Waals surface area contributed by atoms with Crippen molar-refractivity contribution in [2.24, 2.45) is 30.7 Å². The van der Waals surface area contributed by atoms with Crippen LogP contribution in [0.4, 0.5) is 33.6 Å². The second-order valence-electron chi connectivity index (χ2n) is 16.5. The number of pyridine rings is 1. The summed E-state index contributed by atoms with van der Waals surface area (Å²) in [5.41, 5.74) is 4.64. The molecule has 34 heteroatoms. The maximum absolute atomic E-state index is 11.9. The fourth-order valence-corrected chi connectivity index (χ4v) is 10.7. The molecule has 27 nitrogen and oxygen atoms in total. The predicted octanol–water partition coefficient (Wildman–Crippen LogP) is 9.77. The molecule has 0 aliphatic carbocycles. The number of benzene rings is 5. The Balaban J connectivity index is 0.00000104. The van der Waals surface area contributed by atoms with Gasteiger partial charge in [0.15, 0.2) is 11.3 Å². The van der Waals surface area contributed by atoms with E-state index in [-0.39, 0.29) is 75.1 Å². The van der Waals surface area contributed by atoms with Gasteiger partial charge in [-0.1, -0.05) is 35.6 Å². The first-order valence-corrected chi connectivity index (χ1v) is 31.4. The third-order valence-corrected chi connectivity index (χ3v) is 15.2. The summed E-state index contributed by atoms with van der Waals surface area (Å²) in [4.78, 5) is 9.33. The average molecular weight is 1220 g/mol. The van der Waals surface area contributed by atoms with Gasteiger partial charge in [-0.15, -0.1) is 50.0 Å². The molecule has 0 unspecified atom stereocenters. The first-order chi connectivity index (χ1) is 36.9. The molecule has 0 amide bonds. The number of hydrogen-bond donors (Lipinski definition) is 5. The first kappa shape index (κ1) is 60.9. The van der Waals surface area contributed by atoms with Crippen molar-refractivity contribution in [3.05, 3.63) is 101 Å². The van der Waals surface area contributed by atoms with Crippen molar-refractivity contribution in [2.75, 3.05) is 30.1 Å². The van der Waals surface area contributed by atoms with E-state index in [0.717, 1.165) is 5.39 Å². The summed E-state index contributed by atoms with van der Waals surface area (Å²) in [5.74, 6) is -1.05. The Hall–Kier alpha value is -7.30. The molecule has 5 aromatic carbocycles. The summed E-state index contributed by atoms with van der Waals surface area (Å²) in [6.45, 7) is 4.90. The van der Waals surface area contributed by atoms with Crippen molar-refractivity contribution in [3.8, 4) is 17.7 Å². The fourth-order valence-electron chi connectivity index (χ4n) is 7.18. The Kier molecular flexibility index (Phi) is 19.4. The maximum Gasteiger partial charge on any atom is 0.425 e. The molecule has 0 aliphatic heterocycles. The van der Waals surface area contributed by atoms with Gasteiger partial charge in [0.1, 0.15) is 23.1 Å². The summed E-state index contributed by atoms with van der Waals surface area (Å²) >= 11 is 2.40. The van der Waals surface area contributed by atoms with Gasteiger partial charge in [0.05, 0.1) is 67.6 Å². The van der Waals surface area contributed by atoms with E-state index in [1.165, 1.54) is 45.7 Å². The number of aromatic hydroxyl groups is 1. The van der Waals surface area contributed by atoms with Gasteiger partial charge < -0.3 is 9.84 Å². The zero-order valence-electron chi connectivity index (χ0n) is 41.2. The number of hydrogen-bond acceptors (Lipinski definition) is 24. The molecular weight excluding hydrogens is 1180 g/mol. The second-order valence-corrected chi connectivity index (χ2v) is 25.1. The van der Waals surface area contributed by atoms with Crippen LogP contribution in [0.15, 0.2) is 119 Å². The van der Waals surface area contributed by atoms with Crippen molar-refractivity contribution >= 4 is 145 Å². The third-order valence-electron chi connectivity index (χ3n) is 10.6. The minimum Gasteiger partial charge on any atom is -0.493 e. The van der Waals surface area contributed by atoms with E-state index >= 15 is 0 Å². The number of azo groups is 3. The maximum atomic E-state index is 11.9. The Morgan fingerprint density at radius 3 is 1.95 bits per heavy atom. The molecule has 3 aromatic heterocycles. The van der Waals surface area contributed by atoms with Crippen LogP contribution in [0.2, 0.25) is 0 Å². The first-order valence-electron chi connectivity index (χ1n) is 22.1. The molecule has 0 atom stereocenters. The zero-order valence-corrected chi connectivity index (χ0v) is 46.9. The number of aromatic nitrogens is 3. The highest BCUT2D eigenvalue weighted by atomic mass is 32.2. The van der Waals surface area contributed by atoms with E-state index in [1.54, 1.807) is 81.4 Å². The van der Waals surface area contributed by atoms with Crippen LogP contribution in [0.5, 0.6) is 11.6 Å². The van der Waals surface area contributed by atoms with Gasteiger partial charge in [0.25, 0.3) is 40.5 Å². The number of nitrogens with zero attached hydrogens (tertiary/aromatic N) is 10. The molecule has 416 valence electrons. The number of aryl methyl sites for hydroxylation is 2. The van der Waals surface area contributed by atoms with Gasteiger partial charge in [0.2, 0.25) is 11.0 Å². The third kappa shape index (κ3) is 16.9. The molecule has 0 radical (unpaired) electrons. The number of para-hydroxylation sites is 2. The lowest BCUT2D eigenvalue weighted by molar-refractivity contribution is 0.317. The number of fused-ring (bicyclic) bond motifs is 6. The number of thioether (sulfide) groups is 1.